The number of nitrogens with zero attached hydrogens (tertiary/aromatic N) is 3. The van der Waals surface area contributed by atoms with E-state index in [1.807, 2.05) is 100 Å². The first kappa shape index (κ1) is 24.9. The zero-order valence-electron chi connectivity index (χ0n) is 21.2. The Balaban J connectivity index is 1.68. The molecule has 0 spiro atoms. The van der Waals surface area contributed by atoms with Crippen LogP contribution in [-0.4, -0.2) is 39.6 Å². The van der Waals surface area contributed by atoms with Crippen molar-refractivity contribution in [1.29, 1.82) is 0 Å². The Morgan fingerprint density at radius 3 is 2.11 bits per heavy atom. The summed E-state index contributed by atoms with van der Waals surface area (Å²) >= 11 is 0. The topological polar surface area (TPSA) is 67.2 Å². The lowest BCUT2D eigenvalue weighted by atomic mass is 10.1. The zero-order chi connectivity index (χ0) is 25.7. The predicted octanol–water partition coefficient (Wildman–Crippen LogP) is 5.89. The largest absolute Gasteiger partial charge is 0.329 e. The molecule has 2 amide bonds. The Bertz CT molecular complexity index is 1330. The van der Waals surface area contributed by atoms with E-state index >= 15 is 0 Å². The van der Waals surface area contributed by atoms with Gasteiger partial charge in [0.15, 0.2) is 0 Å². The van der Waals surface area contributed by atoms with E-state index in [2.05, 4.69) is 5.32 Å². The fourth-order valence-electron chi connectivity index (χ4n) is 4.23. The molecule has 1 heterocycles. The highest BCUT2D eigenvalue weighted by Gasteiger charge is 2.24. The molecule has 3 aromatic carbocycles. The SMILES string of the molecule is Cc1ccc(-n2nc(C)c(-c3ccccc3)c2NC(=O)CN(CC(C)C)C(=O)c2ccccc2)cc1. The molecule has 1 aromatic heterocycles. The minimum atomic E-state index is -0.273. The minimum absolute atomic E-state index is 0.0573. The van der Waals surface area contributed by atoms with E-state index < -0.39 is 0 Å². The highest BCUT2D eigenvalue weighted by Crippen LogP contribution is 2.33. The maximum Gasteiger partial charge on any atom is 0.254 e. The number of hydrogen-bond donors (Lipinski definition) is 1. The second kappa shape index (κ2) is 11.0. The number of carbonyl (C=O) groups is 2. The second-order valence-corrected chi connectivity index (χ2v) is 9.42. The van der Waals surface area contributed by atoms with Crippen LogP contribution in [0.25, 0.3) is 16.8 Å². The van der Waals surface area contributed by atoms with Gasteiger partial charge in [0.05, 0.1) is 11.4 Å². The molecule has 0 radical (unpaired) electrons. The van der Waals surface area contributed by atoms with Crippen LogP contribution in [0.3, 0.4) is 0 Å². The van der Waals surface area contributed by atoms with Crippen molar-refractivity contribution in [2.24, 2.45) is 5.92 Å². The molecule has 0 bridgehead atoms. The molecule has 1 N–H and O–H groups in total. The van der Waals surface area contributed by atoms with Gasteiger partial charge in [0, 0.05) is 17.7 Å². The maximum atomic E-state index is 13.4. The van der Waals surface area contributed by atoms with Gasteiger partial charge in [0.2, 0.25) is 5.91 Å². The van der Waals surface area contributed by atoms with Crippen LogP contribution < -0.4 is 5.32 Å². The summed E-state index contributed by atoms with van der Waals surface area (Å²) in [4.78, 5) is 28.2. The van der Waals surface area contributed by atoms with Crippen LogP contribution in [0.5, 0.6) is 0 Å². The molecule has 0 atom stereocenters. The second-order valence-electron chi connectivity index (χ2n) is 9.42. The number of amides is 2. The molecule has 6 nitrogen and oxygen atoms in total. The molecule has 6 heteroatoms. The molecular weight excluding hydrogens is 448 g/mol. The van der Waals surface area contributed by atoms with E-state index in [9.17, 15) is 9.59 Å². The lowest BCUT2D eigenvalue weighted by Crippen LogP contribution is -2.40. The van der Waals surface area contributed by atoms with Crippen molar-refractivity contribution in [3.05, 3.63) is 102 Å². The van der Waals surface area contributed by atoms with Crippen molar-refractivity contribution in [1.82, 2.24) is 14.7 Å². The third-order valence-corrected chi connectivity index (χ3v) is 5.89. The van der Waals surface area contributed by atoms with Crippen molar-refractivity contribution in [2.45, 2.75) is 27.7 Å². The van der Waals surface area contributed by atoms with Gasteiger partial charge in [0.1, 0.15) is 12.4 Å². The molecule has 0 aliphatic carbocycles. The van der Waals surface area contributed by atoms with Gasteiger partial charge in [-0.2, -0.15) is 5.10 Å². The molecule has 4 aromatic rings. The van der Waals surface area contributed by atoms with Crippen molar-refractivity contribution < 1.29 is 9.59 Å². The third-order valence-electron chi connectivity index (χ3n) is 5.89. The van der Waals surface area contributed by atoms with E-state index in [1.54, 1.807) is 21.7 Å². The van der Waals surface area contributed by atoms with Gasteiger partial charge in [-0.15, -0.1) is 0 Å². The average molecular weight is 481 g/mol. The van der Waals surface area contributed by atoms with Crippen LogP contribution >= 0.6 is 0 Å². The Hall–Kier alpha value is -4.19. The summed E-state index contributed by atoms with van der Waals surface area (Å²) in [5, 5.41) is 7.86. The fourth-order valence-corrected chi connectivity index (χ4v) is 4.23. The number of aromatic nitrogens is 2. The summed E-state index contributed by atoms with van der Waals surface area (Å²) in [7, 11) is 0. The normalized spacial score (nSPS) is 10.9. The maximum absolute atomic E-state index is 13.4. The first-order valence-electron chi connectivity index (χ1n) is 12.2. The number of hydrogen-bond acceptors (Lipinski definition) is 3. The number of aryl methyl sites for hydroxylation is 2. The Kier molecular flexibility index (Phi) is 7.64. The van der Waals surface area contributed by atoms with Crippen LogP contribution in [0.1, 0.15) is 35.5 Å². The summed E-state index contributed by atoms with van der Waals surface area (Å²) < 4.78 is 1.76. The lowest BCUT2D eigenvalue weighted by Gasteiger charge is -2.24. The van der Waals surface area contributed by atoms with Crippen LogP contribution in [0.2, 0.25) is 0 Å². The van der Waals surface area contributed by atoms with Crippen LogP contribution in [0.15, 0.2) is 84.9 Å². The van der Waals surface area contributed by atoms with E-state index in [0.29, 0.717) is 17.9 Å². The molecule has 0 aliphatic rings. The highest BCUT2D eigenvalue weighted by molar-refractivity contribution is 6.01. The summed E-state index contributed by atoms with van der Waals surface area (Å²) in [6, 6.07) is 27.0. The zero-order valence-corrected chi connectivity index (χ0v) is 21.2. The quantitative estimate of drug-likeness (QED) is 0.342. The van der Waals surface area contributed by atoms with Gasteiger partial charge in [-0.3, -0.25) is 9.59 Å². The minimum Gasteiger partial charge on any atom is -0.329 e. The van der Waals surface area contributed by atoms with Crippen molar-refractivity contribution in [3.63, 3.8) is 0 Å². The van der Waals surface area contributed by atoms with Gasteiger partial charge in [-0.05, 0) is 49.6 Å². The molecule has 0 saturated carbocycles. The van der Waals surface area contributed by atoms with Gasteiger partial charge >= 0.3 is 0 Å². The van der Waals surface area contributed by atoms with E-state index in [1.165, 1.54) is 0 Å². The van der Waals surface area contributed by atoms with Crippen molar-refractivity contribution in [2.75, 3.05) is 18.4 Å². The Morgan fingerprint density at radius 2 is 1.50 bits per heavy atom. The molecule has 0 fully saturated rings. The molecule has 0 aliphatic heterocycles. The molecular formula is C30H32N4O2. The lowest BCUT2D eigenvalue weighted by molar-refractivity contribution is -0.117. The summed E-state index contributed by atoms with van der Waals surface area (Å²) in [5.74, 6) is 0.367. The van der Waals surface area contributed by atoms with Gasteiger partial charge in [-0.25, -0.2) is 4.68 Å². The molecule has 4 rings (SSSR count). The average Bonchev–Trinajstić information content (AvgIpc) is 3.19. The van der Waals surface area contributed by atoms with E-state index in [-0.39, 0.29) is 24.3 Å². The summed E-state index contributed by atoms with van der Waals surface area (Å²) in [5.41, 5.74) is 5.17. The van der Waals surface area contributed by atoms with Gasteiger partial charge in [0.25, 0.3) is 5.91 Å². The molecule has 0 saturated heterocycles. The highest BCUT2D eigenvalue weighted by atomic mass is 16.2. The fraction of sp³-hybridized carbons (Fsp3) is 0.233. The van der Waals surface area contributed by atoms with Gasteiger partial charge < -0.3 is 10.2 Å². The standard InChI is InChI=1S/C30H32N4O2/c1-21(2)19-33(30(36)25-13-9-6-10-14-25)20-27(35)31-29-28(24-11-7-5-8-12-24)23(4)32-34(29)26-17-15-22(3)16-18-26/h5-18,21H,19-20H2,1-4H3,(H,31,35). The van der Waals surface area contributed by atoms with Crippen LogP contribution in [-0.2, 0) is 4.79 Å². The predicted molar refractivity (Wildman–Crippen MR) is 144 cm³/mol. The molecule has 0 unspecified atom stereocenters. The number of benzene rings is 3. The molecule has 184 valence electrons. The van der Waals surface area contributed by atoms with Crippen molar-refractivity contribution >= 4 is 17.6 Å². The van der Waals surface area contributed by atoms with Crippen LogP contribution in [0, 0.1) is 19.8 Å². The number of rotatable bonds is 8. The summed E-state index contributed by atoms with van der Waals surface area (Å²) in [6.07, 6.45) is 0. The first-order valence-corrected chi connectivity index (χ1v) is 12.2. The Labute approximate surface area is 212 Å². The summed E-state index contributed by atoms with van der Waals surface area (Å²) in [6.45, 7) is 8.45. The number of carbonyl (C=O) groups excluding carboxylic acids is 2. The van der Waals surface area contributed by atoms with Gasteiger partial charge in [-0.1, -0.05) is 80.1 Å². The van der Waals surface area contributed by atoms with E-state index in [4.69, 9.17) is 5.10 Å². The van der Waals surface area contributed by atoms with Crippen LogP contribution in [0.4, 0.5) is 5.82 Å². The number of nitrogens with one attached hydrogen (secondary N) is 1. The van der Waals surface area contributed by atoms with Crippen molar-refractivity contribution in [3.8, 4) is 16.8 Å². The first-order chi connectivity index (χ1) is 17.3. The number of anilines is 1. The Morgan fingerprint density at radius 1 is 0.889 bits per heavy atom. The van der Waals surface area contributed by atoms with E-state index in [0.717, 1.165) is 28.1 Å². The monoisotopic (exact) mass is 480 g/mol. The molecule has 36 heavy (non-hydrogen) atoms. The smallest absolute Gasteiger partial charge is 0.254 e. The third kappa shape index (κ3) is 5.71.